The van der Waals surface area contributed by atoms with Crippen LogP contribution in [0.15, 0.2) is 4.52 Å². The van der Waals surface area contributed by atoms with Gasteiger partial charge in [0.25, 0.3) is 0 Å². The smallest absolute Gasteiger partial charge is 0.230 e. The van der Waals surface area contributed by atoms with Crippen LogP contribution in [0.1, 0.15) is 57.2 Å². The second-order valence-electron chi connectivity index (χ2n) is 4.12. The van der Waals surface area contributed by atoms with Crippen LogP contribution in [0, 0.1) is 5.92 Å². The molecule has 72 valence electrons. The molecule has 1 aliphatic rings. The van der Waals surface area contributed by atoms with E-state index >= 15 is 0 Å². The molecule has 1 fully saturated rings. The first-order valence-electron chi connectivity index (χ1n) is 5.05. The van der Waals surface area contributed by atoms with Crippen LogP contribution in [0.5, 0.6) is 0 Å². The van der Waals surface area contributed by atoms with Gasteiger partial charge in [-0.15, -0.1) is 0 Å². The molecule has 0 bridgehead atoms. The number of nitrogens with zero attached hydrogens (tertiary/aromatic N) is 2. The van der Waals surface area contributed by atoms with Crippen molar-refractivity contribution >= 4 is 0 Å². The molecule has 0 aromatic carbocycles. The molecule has 0 spiro atoms. The quantitative estimate of drug-likeness (QED) is 0.717. The van der Waals surface area contributed by atoms with E-state index in [-0.39, 0.29) is 0 Å². The Morgan fingerprint density at radius 3 is 2.85 bits per heavy atom. The molecule has 1 aliphatic carbocycles. The average molecular weight is 180 g/mol. The van der Waals surface area contributed by atoms with E-state index in [1.807, 2.05) is 0 Å². The molecule has 3 nitrogen and oxygen atoms in total. The van der Waals surface area contributed by atoms with Crippen LogP contribution in [0.2, 0.25) is 0 Å². The maximum Gasteiger partial charge on any atom is 0.230 e. The highest BCUT2D eigenvalue weighted by Crippen LogP contribution is 2.46. The summed E-state index contributed by atoms with van der Waals surface area (Å²) >= 11 is 0. The standard InChI is InChI=1S/C10H16N2O/c1-4-6(2)9-11-10(13-12-9)8-5-7(8)3/h6-8H,4-5H2,1-3H3/t6?,7-,8-/m0/s1. The molecule has 1 heterocycles. The Labute approximate surface area is 78.5 Å². The first kappa shape index (κ1) is 8.73. The van der Waals surface area contributed by atoms with E-state index in [1.54, 1.807) is 0 Å². The second kappa shape index (κ2) is 3.13. The lowest BCUT2D eigenvalue weighted by atomic mass is 10.1. The molecule has 3 heteroatoms. The number of hydrogen-bond acceptors (Lipinski definition) is 3. The number of rotatable bonds is 3. The number of aromatic nitrogens is 2. The summed E-state index contributed by atoms with van der Waals surface area (Å²) in [6.07, 6.45) is 2.28. The fraction of sp³-hybridized carbons (Fsp3) is 0.800. The van der Waals surface area contributed by atoms with Gasteiger partial charge in [0.05, 0.1) is 0 Å². The van der Waals surface area contributed by atoms with Gasteiger partial charge in [-0.05, 0) is 18.8 Å². The molecule has 1 aromatic heterocycles. The molecule has 1 unspecified atom stereocenters. The summed E-state index contributed by atoms with van der Waals surface area (Å²) in [6, 6.07) is 0. The van der Waals surface area contributed by atoms with Crippen molar-refractivity contribution in [2.45, 2.75) is 45.4 Å². The van der Waals surface area contributed by atoms with Gasteiger partial charge in [-0.25, -0.2) is 0 Å². The summed E-state index contributed by atoms with van der Waals surface area (Å²) in [7, 11) is 0. The average Bonchev–Trinajstić information content (AvgIpc) is 2.70. The first-order valence-corrected chi connectivity index (χ1v) is 5.05. The van der Waals surface area contributed by atoms with Gasteiger partial charge in [0, 0.05) is 11.8 Å². The highest BCUT2D eigenvalue weighted by molar-refractivity contribution is 5.07. The minimum absolute atomic E-state index is 0.423. The molecule has 0 radical (unpaired) electrons. The van der Waals surface area contributed by atoms with Gasteiger partial charge in [0.2, 0.25) is 5.89 Å². The summed E-state index contributed by atoms with van der Waals surface area (Å²) in [5.74, 6) is 3.43. The normalized spacial score (nSPS) is 28.8. The Hall–Kier alpha value is -0.860. The fourth-order valence-corrected chi connectivity index (χ4v) is 1.45. The van der Waals surface area contributed by atoms with Crippen LogP contribution in [-0.2, 0) is 0 Å². The van der Waals surface area contributed by atoms with Crippen LogP contribution in [0.3, 0.4) is 0 Å². The highest BCUT2D eigenvalue weighted by Gasteiger charge is 2.39. The van der Waals surface area contributed by atoms with Crippen LogP contribution in [0.4, 0.5) is 0 Å². The van der Waals surface area contributed by atoms with Gasteiger partial charge in [-0.1, -0.05) is 25.9 Å². The maximum absolute atomic E-state index is 5.22. The van der Waals surface area contributed by atoms with Crippen molar-refractivity contribution in [3.8, 4) is 0 Å². The lowest BCUT2D eigenvalue weighted by molar-refractivity contribution is 0.368. The lowest BCUT2D eigenvalue weighted by Crippen LogP contribution is -1.94. The molecule has 0 saturated heterocycles. The third kappa shape index (κ3) is 1.60. The lowest BCUT2D eigenvalue weighted by Gasteiger charge is -1.98. The van der Waals surface area contributed by atoms with E-state index in [9.17, 15) is 0 Å². The molecule has 3 atom stereocenters. The Morgan fingerprint density at radius 1 is 1.62 bits per heavy atom. The van der Waals surface area contributed by atoms with Crippen molar-refractivity contribution in [3.63, 3.8) is 0 Å². The van der Waals surface area contributed by atoms with E-state index in [4.69, 9.17) is 4.52 Å². The van der Waals surface area contributed by atoms with Crippen molar-refractivity contribution in [1.82, 2.24) is 10.1 Å². The zero-order valence-corrected chi connectivity index (χ0v) is 8.45. The molecular formula is C10H16N2O. The summed E-state index contributed by atoms with van der Waals surface area (Å²) in [5.41, 5.74) is 0. The monoisotopic (exact) mass is 180 g/mol. The predicted molar refractivity (Wildman–Crippen MR) is 49.5 cm³/mol. The third-order valence-electron chi connectivity index (χ3n) is 2.94. The fourth-order valence-electron chi connectivity index (χ4n) is 1.45. The Bertz CT molecular complexity index is 276. The van der Waals surface area contributed by atoms with Gasteiger partial charge in [0.1, 0.15) is 0 Å². The molecule has 1 aromatic rings. The Balaban J connectivity index is 2.09. The Morgan fingerprint density at radius 2 is 2.31 bits per heavy atom. The van der Waals surface area contributed by atoms with Crippen molar-refractivity contribution in [1.29, 1.82) is 0 Å². The van der Waals surface area contributed by atoms with Crippen LogP contribution >= 0.6 is 0 Å². The van der Waals surface area contributed by atoms with E-state index < -0.39 is 0 Å². The van der Waals surface area contributed by atoms with Gasteiger partial charge < -0.3 is 4.52 Å². The minimum Gasteiger partial charge on any atom is -0.339 e. The van der Waals surface area contributed by atoms with Crippen molar-refractivity contribution < 1.29 is 4.52 Å². The number of hydrogen-bond donors (Lipinski definition) is 0. The minimum atomic E-state index is 0.423. The van der Waals surface area contributed by atoms with Gasteiger partial charge in [0.15, 0.2) is 5.82 Å². The first-order chi connectivity index (χ1) is 6.22. The van der Waals surface area contributed by atoms with Crippen LogP contribution in [-0.4, -0.2) is 10.1 Å². The van der Waals surface area contributed by atoms with E-state index in [0.717, 1.165) is 24.1 Å². The second-order valence-corrected chi connectivity index (χ2v) is 4.12. The topological polar surface area (TPSA) is 38.9 Å². The molecule has 2 rings (SSSR count). The summed E-state index contributed by atoms with van der Waals surface area (Å²) in [4.78, 5) is 4.42. The summed E-state index contributed by atoms with van der Waals surface area (Å²) in [6.45, 7) is 6.49. The molecular weight excluding hydrogens is 164 g/mol. The third-order valence-corrected chi connectivity index (χ3v) is 2.94. The molecule has 0 N–H and O–H groups in total. The largest absolute Gasteiger partial charge is 0.339 e. The summed E-state index contributed by atoms with van der Waals surface area (Å²) < 4.78 is 5.22. The van der Waals surface area contributed by atoms with Crippen molar-refractivity contribution in [3.05, 3.63) is 11.7 Å². The van der Waals surface area contributed by atoms with Crippen LogP contribution in [0.25, 0.3) is 0 Å². The van der Waals surface area contributed by atoms with Gasteiger partial charge in [-0.2, -0.15) is 4.98 Å². The van der Waals surface area contributed by atoms with E-state index in [2.05, 4.69) is 30.9 Å². The van der Waals surface area contributed by atoms with Gasteiger partial charge >= 0.3 is 0 Å². The van der Waals surface area contributed by atoms with Crippen molar-refractivity contribution in [2.75, 3.05) is 0 Å². The van der Waals surface area contributed by atoms with Gasteiger partial charge in [-0.3, -0.25) is 0 Å². The molecule has 13 heavy (non-hydrogen) atoms. The van der Waals surface area contributed by atoms with E-state index in [1.165, 1.54) is 6.42 Å². The SMILES string of the molecule is CCC(C)c1noc([C@H]2C[C@@H]2C)n1. The zero-order valence-electron chi connectivity index (χ0n) is 8.45. The predicted octanol–water partition coefficient (Wildman–Crippen LogP) is 2.71. The highest BCUT2D eigenvalue weighted by atomic mass is 16.5. The molecule has 0 amide bonds. The molecule has 0 aliphatic heterocycles. The zero-order chi connectivity index (χ0) is 9.42. The van der Waals surface area contributed by atoms with Crippen molar-refractivity contribution in [2.24, 2.45) is 5.92 Å². The Kier molecular flexibility index (Phi) is 2.10. The van der Waals surface area contributed by atoms with E-state index in [0.29, 0.717) is 11.8 Å². The maximum atomic E-state index is 5.22. The molecule has 1 saturated carbocycles. The summed E-state index contributed by atoms with van der Waals surface area (Å²) in [5, 5.41) is 4.00. The van der Waals surface area contributed by atoms with Crippen LogP contribution < -0.4 is 0 Å².